The van der Waals surface area contributed by atoms with Gasteiger partial charge in [-0.1, -0.05) is 12.1 Å². The van der Waals surface area contributed by atoms with E-state index >= 15 is 0 Å². The van der Waals surface area contributed by atoms with Crippen LogP contribution in [-0.2, 0) is 17.9 Å². The molecule has 1 aromatic carbocycles. The summed E-state index contributed by atoms with van der Waals surface area (Å²) < 4.78 is 8.32. The Bertz CT molecular complexity index is 1130. The first kappa shape index (κ1) is 16.7. The molecule has 27 heavy (non-hydrogen) atoms. The highest BCUT2D eigenvalue weighted by molar-refractivity contribution is 5.79. The van der Waals surface area contributed by atoms with E-state index in [0.717, 1.165) is 0 Å². The van der Waals surface area contributed by atoms with Crippen LogP contribution in [0.2, 0.25) is 0 Å². The van der Waals surface area contributed by atoms with Gasteiger partial charge in [0.15, 0.2) is 11.4 Å². The smallest absolute Gasteiger partial charge is 0.408 e. The van der Waals surface area contributed by atoms with E-state index < -0.39 is 5.76 Å². The van der Waals surface area contributed by atoms with Crippen LogP contribution in [0.4, 0.5) is 0 Å². The summed E-state index contributed by atoms with van der Waals surface area (Å²) in [6.07, 6.45) is 8.31. The van der Waals surface area contributed by atoms with Gasteiger partial charge >= 0.3 is 5.76 Å². The van der Waals surface area contributed by atoms with Crippen LogP contribution in [0, 0.1) is 0 Å². The van der Waals surface area contributed by atoms with Crippen molar-refractivity contribution in [2.45, 2.75) is 13.1 Å². The Morgan fingerprint density at radius 2 is 2.04 bits per heavy atom. The molecule has 9 nitrogen and oxygen atoms in total. The number of aromatic nitrogens is 5. The third-order valence-electron chi connectivity index (χ3n) is 4.06. The summed E-state index contributed by atoms with van der Waals surface area (Å²) >= 11 is 0. The van der Waals surface area contributed by atoms with Gasteiger partial charge in [0.1, 0.15) is 12.2 Å². The minimum absolute atomic E-state index is 0.100. The van der Waals surface area contributed by atoms with Crippen LogP contribution in [0.25, 0.3) is 22.6 Å². The number of amides is 1. The lowest BCUT2D eigenvalue weighted by Gasteiger charge is -2.09. The number of nitrogens with zero attached hydrogens (tertiary/aromatic N) is 5. The lowest BCUT2D eigenvalue weighted by atomic mass is 10.3. The van der Waals surface area contributed by atoms with Crippen molar-refractivity contribution < 1.29 is 9.21 Å². The van der Waals surface area contributed by atoms with Crippen molar-refractivity contribution in [2.75, 3.05) is 6.54 Å². The summed E-state index contributed by atoms with van der Waals surface area (Å²) in [7, 11) is 0. The van der Waals surface area contributed by atoms with E-state index in [1.165, 1.54) is 4.57 Å². The molecule has 0 bridgehead atoms. The minimum atomic E-state index is -0.550. The molecule has 1 amide bonds. The van der Waals surface area contributed by atoms with E-state index in [1.54, 1.807) is 49.1 Å². The molecule has 0 atom stereocenters. The third kappa shape index (κ3) is 3.47. The van der Waals surface area contributed by atoms with Gasteiger partial charge < -0.3 is 14.3 Å². The van der Waals surface area contributed by atoms with Crippen LogP contribution in [0.15, 0.2) is 64.5 Å². The molecule has 0 aliphatic heterocycles. The Morgan fingerprint density at radius 1 is 1.15 bits per heavy atom. The summed E-state index contributed by atoms with van der Waals surface area (Å²) in [6.45, 7) is 0.794. The molecule has 9 heteroatoms. The molecule has 0 saturated carbocycles. The van der Waals surface area contributed by atoms with Gasteiger partial charge in [-0.3, -0.25) is 14.3 Å². The standard InChI is InChI=1S/C18H16N6O3/c25-16(12-24-14-3-1-2-4-15(14)27-18(24)26)21-7-9-23-10-8-22-17(23)13-11-19-5-6-20-13/h1-6,8,10-11H,7,9,12H2,(H,21,25). The van der Waals surface area contributed by atoms with Crippen molar-refractivity contribution in [1.29, 1.82) is 0 Å². The monoisotopic (exact) mass is 364 g/mol. The van der Waals surface area contributed by atoms with Gasteiger partial charge in [0.25, 0.3) is 0 Å². The van der Waals surface area contributed by atoms with E-state index in [1.807, 2.05) is 10.8 Å². The fourth-order valence-electron chi connectivity index (χ4n) is 2.82. The molecule has 4 rings (SSSR count). The van der Waals surface area contributed by atoms with Crippen molar-refractivity contribution in [3.63, 3.8) is 0 Å². The maximum Gasteiger partial charge on any atom is 0.420 e. The normalized spacial score (nSPS) is 11.0. The number of hydrogen-bond acceptors (Lipinski definition) is 6. The molecular weight excluding hydrogens is 348 g/mol. The SMILES string of the molecule is O=C(Cn1c(=O)oc2ccccc21)NCCn1ccnc1-c1cnccn1. The highest BCUT2D eigenvalue weighted by atomic mass is 16.4. The second-order valence-corrected chi connectivity index (χ2v) is 5.81. The van der Waals surface area contributed by atoms with E-state index in [9.17, 15) is 9.59 Å². The molecule has 3 aromatic heterocycles. The number of carbonyl (C=O) groups is 1. The van der Waals surface area contributed by atoms with Gasteiger partial charge in [-0.15, -0.1) is 0 Å². The van der Waals surface area contributed by atoms with Gasteiger partial charge in [0.05, 0.1) is 11.7 Å². The summed E-state index contributed by atoms with van der Waals surface area (Å²) in [5, 5.41) is 2.80. The lowest BCUT2D eigenvalue weighted by molar-refractivity contribution is -0.121. The van der Waals surface area contributed by atoms with Gasteiger partial charge in [0, 0.05) is 37.9 Å². The summed E-state index contributed by atoms with van der Waals surface area (Å²) in [5.41, 5.74) is 1.71. The van der Waals surface area contributed by atoms with Gasteiger partial charge in [-0.25, -0.2) is 14.8 Å². The largest absolute Gasteiger partial charge is 0.420 e. The Balaban J connectivity index is 1.39. The topological polar surface area (TPSA) is 108 Å². The van der Waals surface area contributed by atoms with Crippen molar-refractivity contribution in [1.82, 2.24) is 29.4 Å². The fraction of sp³-hybridized carbons (Fsp3) is 0.167. The number of para-hydroxylation sites is 2. The van der Waals surface area contributed by atoms with Gasteiger partial charge in [-0.05, 0) is 12.1 Å². The first-order valence-corrected chi connectivity index (χ1v) is 8.35. The zero-order chi connectivity index (χ0) is 18.6. The number of oxazole rings is 1. The van der Waals surface area contributed by atoms with Crippen molar-refractivity contribution >= 4 is 17.0 Å². The first-order valence-electron chi connectivity index (χ1n) is 8.35. The van der Waals surface area contributed by atoms with E-state index in [2.05, 4.69) is 20.3 Å². The fourth-order valence-corrected chi connectivity index (χ4v) is 2.82. The molecule has 3 heterocycles. The zero-order valence-corrected chi connectivity index (χ0v) is 14.3. The number of carbonyl (C=O) groups excluding carboxylic acids is 1. The number of rotatable bonds is 6. The third-order valence-corrected chi connectivity index (χ3v) is 4.06. The first-order chi connectivity index (χ1) is 13.2. The molecule has 1 N–H and O–H groups in total. The summed E-state index contributed by atoms with van der Waals surface area (Å²) in [5.74, 6) is -0.148. The average Bonchev–Trinajstić information content (AvgIpc) is 3.27. The Morgan fingerprint density at radius 3 is 2.89 bits per heavy atom. The molecule has 0 aliphatic rings. The van der Waals surface area contributed by atoms with Crippen molar-refractivity contribution in [3.05, 3.63) is 65.8 Å². The summed E-state index contributed by atoms with van der Waals surface area (Å²) in [4.78, 5) is 36.7. The molecular formula is C18H16N6O3. The second-order valence-electron chi connectivity index (χ2n) is 5.81. The van der Waals surface area contributed by atoms with Crippen LogP contribution in [0.3, 0.4) is 0 Å². The van der Waals surface area contributed by atoms with Crippen LogP contribution in [-0.4, -0.2) is 36.5 Å². The number of benzene rings is 1. The van der Waals surface area contributed by atoms with Gasteiger partial charge in [0.2, 0.25) is 5.91 Å². The molecule has 0 spiro atoms. The van der Waals surface area contributed by atoms with Crippen LogP contribution in [0.1, 0.15) is 0 Å². The molecule has 0 fully saturated rings. The number of fused-ring (bicyclic) bond motifs is 1. The number of imidazole rings is 1. The molecule has 0 unspecified atom stereocenters. The second kappa shape index (κ2) is 7.24. The Hall–Kier alpha value is -3.75. The predicted molar refractivity (Wildman–Crippen MR) is 96.7 cm³/mol. The maximum atomic E-state index is 12.2. The number of nitrogens with one attached hydrogen (secondary N) is 1. The van der Waals surface area contributed by atoms with E-state index in [4.69, 9.17) is 4.42 Å². The van der Waals surface area contributed by atoms with Crippen molar-refractivity contribution in [3.8, 4) is 11.5 Å². The Labute approximate surface area is 153 Å². The Kier molecular flexibility index (Phi) is 4.48. The van der Waals surface area contributed by atoms with Gasteiger partial charge in [-0.2, -0.15) is 0 Å². The molecule has 4 aromatic rings. The van der Waals surface area contributed by atoms with Crippen LogP contribution < -0.4 is 11.1 Å². The lowest BCUT2D eigenvalue weighted by Crippen LogP contribution is -2.32. The van der Waals surface area contributed by atoms with E-state index in [0.29, 0.717) is 35.7 Å². The molecule has 0 radical (unpaired) electrons. The molecule has 136 valence electrons. The number of hydrogen-bond donors (Lipinski definition) is 1. The quantitative estimate of drug-likeness (QED) is 0.548. The molecule has 0 saturated heterocycles. The predicted octanol–water partition coefficient (Wildman–Crippen LogP) is 1.06. The van der Waals surface area contributed by atoms with Crippen LogP contribution in [0.5, 0.6) is 0 Å². The molecule has 0 aliphatic carbocycles. The average molecular weight is 364 g/mol. The van der Waals surface area contributed by atoms with Crippen LogP contribution >= 0.6 is 0 Å². The highest BCUT2D eigenvalue weighted by Gasteiger charge is 2.12. The highest BCUT2D eigenvalue weighted by Crippen LogP contribution is 2.13. The van der Waals surface area contributed by atoms with Crippen molar-refractivity contribution in [2.24, 2.45) is 0 Å². The maximum absolute atomic E-state index is 12.2. The van der Waals surface area contributed by atoms with E-state index in [-0.39, 0.29) is 12.5 Å². The zero-order valence-electron chi connectivity index (χ0n) is 14.3. The minimum Gasteiger partial charge on any atom is -0.408 e. The summed E-state index contributed by atoms with van der Waals surface area (Å²) in [6, 6.07) is 7.00.